The van der Waals surface area contributed by atoms with E-state index >= 15 is 0 Å². The normalized spacial score (nSPS) is 12.3. The summed E-state index contributed by atoms with van der Waals surface area (Å²) in [4.78, 5) is 0. The monoisotopic (exact) mass is 253 g/mol. The molecule has 0 radical (unpaired) electrons. The van der Waals surface area contributed by atoms with Gasteiger partial charge in [-0.3, -0.25) is 0 Å². The van der Waals surface area contributed by atoms with Crippen LogP contribution in [0.4, 0.5) is 0 Å². The van der Waals surface area contributed by atoms with Crippen LogP contribution in [0.5, 0.6) is 0 Å². The van der Waals surface area contributed by atoms with E-state index in [0.29, 0.717) is 0 Å². The van der Waals surface area contributed by atoms with Crippen molar-refractivity contribution in [2.24, 2.45) is 5.73 Å². The molecule has 14 heavy (non-hydrogen) atoms. The maximum Gasteiger partial charge on any atom is 0.134 e. The lowest BCUT2D eigenvalue weighted by atomic mass is 9.95. The Balaban J connectivity index is 2.73. The van der Waals surface area contributed by atoms with Crippen LogP contribution in [-0.4, -0.2) is 0 Å². The molecule has 1 aromatic heterocycles. The minimum absolute atomic E-state index is 0.369. The summed E-state index contributed by atoms with van der Waals surface area (Å²) in [6, 6.07) is 5.93. The van der Waals surface area contributed by atoms with Gasteiger partial charge in [0.2, 0.25) is 0 Å². The maximum atomic E-state index is 6.04. The Morgan fingerprint density at radius 2 is 2.07 bits per heavy atom. The molecule has 0 spiro atoms. The molecule has 0 aliphatic carbocycles. The maximum absolute atomic E-state index is 6.04. The van der Waals surface area contributed by atoms with E-state index in [1.54, 1.807) is 6.26 Å². The topological polar surface area (TPSA) is 39.2 Å². The van der Waals surface area contributed by atoms with Gasteiger partial charge >= 0.3 is 0 Å². The van der Waals surface area contributed by atoms with E-state index in [1.807, 2.05) is 32.0 Å². The number of hydrogen-bond acceptors (Lipinski definition) is 2. The van der Waals surface area contributed by atoms with E-state index in [4.69, 9.17) is 10.2 Å². The zero-order valence-corrected chi connectivity index (χ0v) is 9.76. The van der Waals surface area contributed by atoms with Crippen LogP contribution >= 0.6 is 15.9 Å². The average molecular weight is 254 g/mol. The first-order valence-electron chi connectivity index (χ1n) is 4.44. The Morgan fingerprint density at radius 1 is 1.36 bits per heavy atom. The Morgan fingerprint density at radius 3 is 2.71 bits per heavy atom. The van der Waals surface area contributed by atoms with Gasteiger partial charge in [-0.05, 0) is 32.0 Å². The molecule has 0 saturated carbocycles. The van der Waals surface area contributed by atoms with Crippen LogP contribution in [0.3, 0.4) is 0 Å². The van der Waals surface area contributed by atoms with Crippen molar-refractivity contribution in [1.82, 2.24) is 0 Å². The molecule has 0 fully saturated rings. The van der Waals surface area contributed by atoms with Crippen molar-refractivity contribution >= 4 is 26.9 Å². The lowest BCUT2D eigenvalue weighted by Gasteiger charge is -2.16. The van der Waals surface area contributed by atoms with Crippen LogP contribution in [0, 0.1) is 0 Å². The summed E-state index contributed by atoms with van der Waals surface area (Å²) in [5, 5.41) is 1.08. The quantitative estimate of drug-likeness (QED) is 0.847. The van der Waals surface area contributed by atoms with E-state index in [2.05, 4.69) is 15.9 Å². The third-order valence-electron chi connectivity index (χ3n) is 2.23. The zero-order valence-electron chi connectivity index (χ0n) is 8.17. The first-order valence-corrected chi connectivity index (χ1v) is 5.24. The number of rotatable bonds is 1. The molecule has 0 amide bonds. The highest BCUT2D eigenvalue weighted by Crippen LogP contribution is 2.30. The standard InChI is InChI=1S/C11H12BrNO/c1-11(2,13)9-6-14-10-4-3-7(12)5-8(9)10/h3-6H,13H2,1-2H3. The molecule has 74 valence electrons. The Labute approximate surface area is 91.2 Å². The van der Waals surface area contributed by atoms with Crippen molar-refractivity contribution in [2.75, 3.05) is 0 Å². The molecule has 0 bridgehead atoms. The third-order valence-corrected chi connectivity index (χ3v) is 2.72. The number of halogens is 1. The van der Waals surface area contributed by atoms with Gasteiger partial charge in [0.25, 0.3) is 0 Å². The third kappa shape index (κ3) is 1.57. The van der Waals surface area contributed by atoms with Gasteiger partial charge in [-0.15, -0.1) is 0 Å². The van der Waals surface area contributed by atoms with E-state index < -0.39 is 0 Å². The molecule has 1 aromatic carbocycles. The number of benzene rings is 1. The van der Waals surface area contributed by atoms with Crippen LogP contribution in [0.25, 0.3) is 11.0 Å². The molecule has 2 nitrogen and oxygen atoms in total. The second kappa shape index (κ2) is 3.11. The molecule has 3 heteroatoms. The van der Waals surface area contributed by atoms with Gasteiger partial charge in [0.15, 0.2) is 0 Å². The van der Waals surface area contributed by atoms with Gasteiger partial charge in [-0.1, -0.05) is 15.9 Å². The Bertz CT molecular complexity index is 468. The highest BCUT2D eigenvalue weighted by Gasteiger charge is 2.19. The Hall–Kier alpha value is -0.800. The minimum Gasteiger partial charge on any atom is -0.464 e. The summed E-state index contributed by atoms with van der Waals surface area (Å²) >= 11 is 3.44. The lowest BCUT2D eigenvalue weighted by molar-refractivity contribution is 0.534. The largest absolute Gasteiger partial charge is 0.464 e. The molecular weight excluding hydrogens is 242 g/mol. The van der Waals surface area contributed by atoms with Crippen LogP contribution in [0.15, 0.2) is 33.4 Å². The molecular formula is C11H12BrNO. The summed E-state index contributed by atoms with van der Waals surface area (Å²) < 4.78 is 6.47. The average Bonchev–Trinajstić information content (AvgIpc) is 2.45. The van der Waals surface area contributed by atoms with E-state index in [0.717, 1.165) is 21.0 Å². The van der Waals surface area contributed by atoms with E-state index in [9.17, 15) is 0 Å². The smallest absolute Gasteiger partial charge is 0.134 e. The fraction of sp³-hybridized carbons (Fsp3) is 0.273. The highest BCUT2D eigenvalue weighted by atomic mass is 79.9. The van der Waals surface area contributed by atoms with Gasteiger partial charge in [-0.2, -0.15) is 0 Å². The van der Waals surface area contributed by atoms with Crippen molar-refractivity contribution < 1.29 is 4.42 Å². The lowest BCUT2D eigenvalue weighted by Crippen LogP contribution is -2.28. The van der Waals surface area contributed by atoms with Gasteiger partial charge in [-0.25, -0.2) is 0 Å². The van der Waals surface area contributed by atoms with Crippen molar-refractivity contribution in [3.8, 4) is 0 Å². The number of hydrogen-bond donors (Lipinski definition) is 1. The molecule has 0 unspecified atom stereocenters. The van der Waals surface area contributed by atoms with Gasteiger partial charge < -0.3 is 10.2 Å². The Kier molecular flexibility index (Phi) is 2.16. The second-order valence-electron chi connectivity index (χ2n) is 4.01. The predicted octanol–water partition coefficient (Wildman–Crippen LogP) is 3.39. The molecule has 0 aliphatic rings. The summed E-state index contributed by atoms with van der Waals surface area (Å²) in [7, 11) is 0. The van der Waals surface area contributed by atoms with Crippen molar-refractivity contribution in [1.29, 1.82) is 0 Å². The van der Waals surface area contributed by atoms with Crippen LogP contribution in [0.1, 0.15) is 19.4 Å². The fourth-order valence-corrected chi connectivity index (χ4v) is 1.86. The minimum atomic E-state index is -0.369. The zero-order chi connectivity index (χ0) is 10.3. The molecule has 2 aromatic rings. The van der Waals surface area contributed by atoms with Crippen LogP contribution in [-0.2, 0) is 5.54 Å². The van der Waals surface area contributed by atoms with Crippen molar-refractivity contribution in [3.63, 3.8) is 0 Å². The molecule has 2 N–H and O–H groups in total. The second-order valence-corrected chi connectivity index (χ2v) is 4.93. The molecule has 0 aliphatic heterocycles. The number of furan rings is 1. The summed E-state index contributed by atoms with van der Waals surface area (Å²) in [5.41, 5.74) is 7.59. The summed E-state index contributed by atoms with van der Waals surface area (Å²) in [5.74, 6) is 0. The molecule has 1 heterocycles. The van der Waals surface area contributed by atoms with E-state index in [-0.39, 0.29) is 5.54 Å². The molecule has 2 rings (SSSR count). The van der Waals surface area contributed by atoms with Crippen molar-refractivity contribution in [2.45, 2.75) is 19.4 Å². The summed E-state index contributed by atoms with van der Waals surface area (Å²) in [6.45, 7) is 3.94. The molecule has 0 saturated heterocycles. The van der Waals surface area contributed by atoms with Gasteiger partial charge in [0.1, 0.15) is 5.58 Å². The van der Waals surface area contributed by atoms with E-state index in [1.165, 1.54) is 0 Å². The first kappa shape index (κ1) is 9.74. The van der Waals surface area contributed by atoms with Gasteiger partial charge in [0.05, 0.1) is 6.26 Å². The fourth-order valence-electron chi connectivity index (χ4n) is 1.50. The molecule has 0 atom stereocenters. The number of nitrogens with two attached hydrogens (primary N) is 1. The van der Waals surface area contributed by atoms with Crippen molar-refractivity contribution in [3.05, 3.63) is 34.5 Å². The summed E-state index contributed by atoms with van der Waals surface area (Å²) in [6.07, 6.45) is 1.73. The number of fused-ring (bicyclic) bond motifs is 1. The van der Waals surface area contributed by atoms with Gasteiger partial charge in [0, 0.05) is 21.0 Å². The first-order chi connectivity index (χ1) is 6.48. The SMILES string of the molecule is CC(C)(N)c1coc2ccc(Br)cc12. The predicted molar refractivity (Wildman–Crippen MR) is 61.1 cm³/mol. The highest BCUT2D eigenvalue weighted by molar-refractivity contribution is 9.10. The van der Waals surface area contributed by atoms with Crippen LogP contribution in [0.2, 0.25) is 0 Å². The van der Waals surface area contributed by atoms with Crippen LogP contribution < -0.4 is 5.73 Å².